The number of alkyl halides is 1. The van der Waals surface area contributed by atoms with Crippen molar-refractivity contribution >= 4 is 31.9 Å². The third-order valence-electron chi connectivity index (χ3n) is 2.05. The Labute approximate surface area is 107 Å². The third-order valence-corrected chi connectivity index (χ3v) is 3.22. The Morgan fingerprint density at radius 3 is 2.73 bits per heavy atom. The number of hydrogen-bond acceptors (Lipinski definition) is 1. The third kappa shape index (κ3) is 5.09. The van der Waals surface area contributed by atoms with Crippen molar-refractivity contribution in [3.05, 3.63) is 34.1 Å². The van der Waals surface area contributed by atoms with E-state index in [1.165, 1.54) is 12.5 Å². The van der Waals surface area contributed by atoms with Crippen LogP contribution in [0.25, 0.3) is 0 Å². The van der Waals surface area contributed by atoms with Gasteiger partial charge in [-0.3, -0.25) is 0 Å². The topological polar surface area (TPSA) is 12.0 Å². The molecule has 0 aliphatic carbocycles. The van der Waals surface area contributed by atoms with Crippen LogP contribution in [0.1, 0.15) is 18.4 Å². The highest BCUT2D eigenvalue weighted by molar-refractivity contribution is 9.10. The van der Waals surface area contributed by atoms with Crippen molar-refractivity contribution in [3.8, 4) is 0 Å². The molecule has 0 atom stereocenters. The van der Waals surface area contributed by atoms with Crippen molar-refractivity contribution in [2.45, 2.75) is 19.4 Å². The summed E-state index contributed by atoms with van der Waals surface area (Å²) in [5.41, 5.74) is 1.10. The predicted octanol–water partition coefficient (Wildman–Crippen LogP) is 3.85. The Kier molecular flexibility index (Phi) is 6.45. The fourth-order valence-corrected chi connectivity index (χ4v) is 2.05. The summed E-state index contributed by atoms with van der Waals surface area (Å²) in [5.74, 6) is -0.210. The first-order valence-electron chi connectivity index (χ1n) is 4.94. The van der Waals surface area contributed by atoms with Crippen molar-refractivity contribution in [1.82, 2.24) is 5.32 Å². The van der Waals surface area contributed by atoms with E-state index in [2.05, 4.69) is 37.2 Å². The first kappa shape index (κ1) is 13.1. The Balaban J connectivity index is 2.28. The second kappa shape index (κ2) is 7.36. The lowest BCUT2D eigenvalue weighted by atomic mass is 10.2. The van der Waals surface area contributed by atoms with E-state index in [0.29, 0.717) is 4.47 Å². The maximum Gasteiger partial charge on any atom is 0.137 e. The molecule has 15 heavy (non-hydrogen) atoms. The maximum atomic E-state index is 12.9. The highest BCUT2D eigenvalue weighted by Crippen LogP contribution is 2.16. The molecule has 0 radical (unpaired) electrons. The number of unbranched alkanes of at least 4 members (excludes halogenated alkanes) is 1. The van der Waals surface area contributed by atoms with Gasteiger partial charge in [0.2, 0.25) is 0 Å². The van der Waals surface area contributed by atoms with Gasteiger partial charge < -0.3 is 5.32 Å². The second-order valence-corrected chi connectivity index (χ2v) is 4.97. The monoisotopic (exact) mass is 337 g/mol. The molecule has 0 aliphatic rings. The minimum absolute atomic E-state index is 0.210. The van der Waals surface area contributed by atoms with Crippen LogP contribution >= 0.6 is 31.9 Å². The maximum absolute atomic E-state index is 12.9. The van der Waals surface area contributed by atoms with Gasteiger partial charge in [-0.15, -0.1) is 0 Å². The van der Waals surface area contributed by atoms with E-state index in [0.717, 1.165) is 30.4 Å². The second-order valence-electron chi connectivity index (χ2n) is 3.32. The standard InChI is InChI=1S/C11H14Br2FN/c12-5-1-2-6-15-8-9-3-4-11(14)10(13)7-9/h3-4,7,15H,1-2,5-6,8H2. The quantitative estimate of drug-likeness (QED) is 0.613. The minimum Gasteiger partial charge on any atom is -0.313 e. The number of nitrogens with one attached hydrogen (secondary N) is 1. The first-order chi connectivity index (χ1) is 7.24. The highest BCUT2D eigenvalue weighted by atomic mass is 79.9. The number of benzene rings is 1. The van der Waals surface area contributed by atoms with Crippen LogP contribution in [0, 0.1) is 5.82 Å². The zero-order valence-electron chi connectivity index (χ0n) is 8.40. The molecular weight excluding hydrogens is 325 g/mol. The lowest BCUT2D eigenvalue weighted by Crippen LogP contribution is -2.14. The Bertz CT molecular complexity index is 305. The van der Waals surface area contributed by atoms with Crippen molar-refractivity contribution < 1.29 is 4.39 Å². The summed E-state index contributed by atoms with van der Waals surface area (Å²) in [7, 11) is 0. The molecule has 0 fully saturated rings. The molecule has 4 heteroatoms. The fraction of sp³-hybridized carbons (Fsp3) is 0.455. The van der Waals surface area contributed by atoms with E-state index in [1.807, 2.05) is 6.07 Å². The molecule has 1 rings (SSSR count). The molecule has 0 aromatic heterocycles. The summed E-state index contributed by atoms with van der Waals surface area (Å²) >= 11 is 6.56. The number of halogens is 3. The zero-order chi connectivity index (χ0) is 11.1. The summed E-state index contributed by atoms with van der Waals surface area (Å²) in [6.07, 6.45) is 2.34. The molecule has 0 amide bonds. The van der Waals surface area contributed by atoms with E-state index in [4.69, 9.17) is 0 Å². The smallest absolute Gasteiger partial charge is 0.137 e. The van der Waals surface area contributed by atoms with Gasteiger partial charge >= 0.3 is 0 Å². The van der Waals surface area contributed by atoms with E-state index < -0.39 is 0 Å². The van der Waals surface area contributed by atoms with Crippen LogP contribution in [-0.4, -0.2) is 11.9 Å². The van der Waals surface area contributed by atoms with Gasteiger partial charge in [-0.1, -0.05) is 22.0 Å². The summed E-state index contributed by atoms with van der Waals surface area (Å²) in [6, 6.07) is 5.10. The molecule has 0 bridgehead atoms. The van der Waals surface area contributed by atoms with Gasteiger partial charge in [0.25, 0.3) is 0 Å². The van der Waals surface area contributed by atoms with Crippen molar-refractivity contribution in [2.75, 3.05) is 11.9 Å². The van der Waals surface area contributed by atoms with Crippen LogP contribution in [0.3, 0.4) is 0 Å². The van der Waals surface area contributed by atoms with Crippen molar-refractivity contribution in [1.29, 1.82) is 0 Å². The molecule has 1 nitrogen and oxygen atoms in total. The highest BCUT2D eigenvalue weighted by Gasteiger charge is 1.99. The largest absolute Gasteiger partial charge is 0.313 e. The lowest BCUT2D eigenvalue weighted by molar-refractivity contribution is 0.615. The van der Waals surface area contributed by atoms with Gasteiger partial charge in [-0.05, 0) is 53.0 Å². The molecule has 0 unspecified atom stereocenters. The predicted molar refractivity (Wildman–Crippen MR) is 68.8 cm³/mol. The van der Waals surface area contributed by atoms with Crippen LogP contribution in [-0.2, 0) is 6.54 Å². The molecular formula is C11H14Br2FN. The molecule has 1 aromatic rings. The Hall–Kier alpha value is 0.0700. The van der Waals surface area contributed by atoms with E-state index in [-0.39, 0.29) is 5.82 Å². The number of hydrogen-bond donors (Lipinski definition) is 1. The van der Waals surface area contributed by atoms with Gasteiger partial charge in [-0.25, -0.2) is 4.39 Å². The summed E-state index contributed by atoms with van der Waals surface area (Å²) in [4.78, 5) is 0. The Morgan fingerprint density at radius 2 is 2.07 bits per heavy atom. The average molecular weight is 339 g/mol. The first-order valence-corrected chi connectivity index (χ1v) is 6.86. The number of rotatable bonds is 6. The van der Waals surface area contributed by atoms with Crippen LogP contribution < -0.4 is 5.32 Å². The Morgan fingerprint density at radius 1 is 1.27 bits per heavy atom. The SMILES string of the molecule is Fc1ccc(CNCCCCBr)cc1Br. The van der Waals surface area contributed by atoms with Gasteiger partial charge in [0.1, 0.15) is 5.82 Å². The molecule has 84 valence electrons. The van der Waals surface area contributed by atoms with E-state index >= 15 is 0 Å². The lowest BCUT2D eigenvalue weighted by Gasteiger charge is -2.05. The molecule has 0 heterocycles. The van der Waals surface area contributed by atoms with Gasteiger partial charge in [0.05, 0.1) is 4.47 Å². The molecule has 0 saturated carbocycles. The molecule has 0 saturated heterocycles. The van der Waals surface area contributed by atoms with E-state index in [9.17, 15) is 4.39 Å². The molecule has 0 aliphatic heterocycles. The van der Waals surface area contributed by atoms with Gasteiger partial charge in [-0.2, -0.15) is 0 Å². The van der Waals surface area contributed by atoms with E-state index in [1.54, 1.807) is 6.07 Å². The summed E-state index contributed by atoms with van der Waals surface area (Å²) in [5, 5.41) is 4.37. The summed E-state index contributed by atoms with van der Waals surface area (Å²) < 4.78 is 13.4. The zero-order valence-corrected chi connectivity index (χ0v) is 11.6. The normalized spacial score (nSPS) is 10.6. The average Bonchev–Trinajstić information content (AvgIpc) is 2.23. The van der Waals surface area contributed by atoms with Crippen LogP contribution in [0.15, 0.2) is 22.7 Å². The van der Waals surface area contributed by atoms with Crippen LogP contribution in [0.5, 0.6) is 0 Å². The van der Waals surface area contributed by atoms with Gasteiger partial charge in [0.15, 0.2) is 0 Å². The molecule has 0 spiro atoms. The van der Waals surface area contributed by atoms with Crippen molar-refractivity contribution in [2.24, 2.45) is 0 Å². The van der Waals surface area contributed by atoms with Gasteiger partial charge in [0, 0.05) is 11.9 Å². The minimum atomic E-state index is -0.210. The van der Waals surface area contributed by atoms with Crippen LogP contribution in [0.4, 0.5) is 4.39 Å². The fourth-order valence-electron chi connectivity index (χ4n) is 1.23. The molecule has 1 N–H and O–H groups in total. The van der Waals surface area contributed by atoms with Crippen molar-refractivity contribution in [3.63, 3.8) is 0 Å². The summed E-state index contributed by atoms with van der Waals surface area (Å²) in [6.45, 7) is 1.79. The van der Waals surface area contributed by atoms with Crippen LogP contribution in [0.2, 0.25) is 0 Å². The molecule has 1 aromatic carbocycles.